The van der Waals surface area contributed by atoms with Crippen molar-refractivity contribution < 1.29 is 14.0 Å². The topological polar surface area (TPSA) is 37.7 Å². The third-order valence-corrected chi connectivity index (χ3v) is 3.58. The summed E-state index contributed by atoms with van der Waals surface area (Å²) in [5.74, 6) is -0.284. The molecule has 20 heavy (non-hydrogen) atoms. The lowest BCUT2D eigenvalue weighted by atomic mass is 10.2. The maximum Gasteiger partial charge on any atom is 0.171 e. The fraction of sp³-hybridized carbons (Fsp3) is 0.500. The molecule has 1 saturated heterocycles. The highest BCUT2D eigenvalue weighted by atomic mass is 32.1. The summed E-state index contributed by atoms with van der Waals surface area (Å²) in [6, 6.07) is 5.04. The number of ether oxygens (including phenoxy) is 1. The molecule has 1 aromatic rings. The van der Waals surface area contributed by atoms with Crippen molar-refractivity contribution in [2.45, 2.75) is 6.92 Å². The zero-order chi connectivity index (χ0) is 14.4. The highest BCUT2D eigenvalue weighted by Gasteiger charge is 2.13. The monoisotopic (exact) mass is 298 g/mol. The Morgan fingerprint density at radius 2 is 2.15 bits per heavy atom. The van der Waals surface area contributed by atoms with Gasteiger partial charge in [0, 0.05) is 0 Å². The molecule has 2 rings (SSSR count). The summed E-state index contributed by atoms with van der Waals surface area (Å²) >= 11 is 5.17. The SMILES string of the molecule is Cc1ccc(NC(=S)NCC[NH+]2CCOCC2)c(F)c1. The Hall–Kier alpha value is -1.24. The van der Waals surface area contributed by atoms with Gasteiger partial charge in [-0.25, -0.2) is 4.39 Å². The number of hydrogen-bond acceptors (Lipinski definition) is 2. The summed E-state index contributed by atoms with van der Waals surface area (Å²) in [5, 5.41) is 6.46. The average molecular weight is 298 g/mol. The van der Waals surface area contributed by atoms with Crippen molar-refractivity contribution in [3.63, 3.8) is 0 Å². The molecule has 0 unspecified atom stereocenters. The van der Waals surface area contributed by atoms with E-state index >= 15 is 0 Å². The van der Waals surface area contributed by atoms with Gasteiger partial charge in [-0.15, -0.1) is 0 Å². The molecule has 0 bridgehead atoms. The Labute approximate surface area is 124 Å². The Bertz CT molecular complexity index is 464. The minimum absolute atomic E-state index is 0.284. The molecule has 6 heteroatoms. The van der Waals surface area contributed by atoms with E-state index in [1.165, 1.54) is 11.0 Å². The lowest BCUT2D eigenvalue weighted by molar-refractivity contribution is -0.906. The minimum Gasteiger partial charge on any atom is -0.370 e. The van der Waals surface area contributed by atoms with Gasteiger partial charge in [0.15, 0.2) is 5.11 Å². The number of quaternary nitrogens is 1. The van der Waals surface area contributed by atoms with Gasteiger partial charge >= 0.3 is 0 Å². The van der Waals surface area contributed by atoms with E-state index < -0.39 is 0 Å². The first kappa shape index (κ1) is 15.2. The van der Waals surface area contributed by atoms with Gasteiger partial charge in [-0.1, -0.05) is 6.07 Å². The van der Waals surface area contributed by atoms with Crippen molar-refractivity contribution in [3.05, 3.63) is 29.6 Å². The van der Waals surface area contributed by atoms with Crippen molar-refractivity contribution in [1.29, 1.82) is 0 Å². The van der Waals surface area contributed by atoms with Gasteiger partial charge in [-0.2, -0.15) is 0 Å². The molecule has 1 aliphatic heterocycles. The largest absolute Gasteiger partial charge is 0.370 e. The molecule has 0 spiro atoms. The van der Waals surface area contributed by atoms with Crippen molar-refractivity contribution in [3.8, 4) is 0 Å². The lowest BCUT2D eigenvalue weighted by Crippen LogP contribution is -3.14. The van der Waals surface area contributed by atoms with E-state index in [1.54, 1.807) is 6.07 Å². The molecule has 1 aromatic carbocycles. The second-order valence-corrected chi connectivity index (χ2v) is 5.38. The highest BCUT2D eigenvalue weighted by molar-refractivity contribution is 7.80. The fourth-order valence-corrected chi connectivity index (χ4v) is 2.36. The lowest BCUT2D eigenvalue weighted by Gasteiger charge is -2.24. The van der Waals surface area contributed by atoms with Crippen LogP contribution in [-0.2, 0) is 4.74 Å². The molecular formula is C14H21FN3OS+. The first-order valence-electron chi connectivity index (χ1n) is 6.87. The van der Waals surface area contributed by atoms with Crippen LogP contribution >= 0.6 is 12.2 Å². The molecule has 0 aliphatic carbocycles. The van der Waals surface area contributed by atoms with E-state index in [0.29, 0.717) is 10.8 Å². The summed E-state index contributed by atoms with van der Waals surface area (Å²) in [6.45, 7) is 7.34. The third-order valence-electron chi connectivity index (χ3n) is 3.34. The predicted molar refractivity (Wildman–Crippen MR) is 81.7 cm³/mol. The molecule has 0 aromatic heterocycles. The van der Waals surface area contributed by atoms with Crippen molar-refractivity contribution in [1.82, 2.24) is 5.32 Å². The third kappa shape index (κ3) is 4.70. The van der Waals surface area contributed by atoms with Gasteiger partial charge in [0.25, 0.3) is 0 Å². The standard InChI is InChI=1S/C14H20FN3OS/c1-11-2-3-13(12(15)10-11)17-14(20)16-4-5-18-6-8-19-9-7-18/h2-3,10H,4-9H2,1H3,(H2,16,17,20)/p+1. The molecule has 1 fully saturated rings. The van der Waals surface area contributed by atoms with Crippen molar-refractivity contribution >= 4 is 23.0 Å². The molecule has 3 N–H and O–H groups in total. The summed E-state index contributed by atoms with van der Waals surface area (Å²) in [5.41, 5.74) is 1.30. The molecule has 4 nitrogen and oxygen atoms in total. The van der Waals surface area contributed by atoms with E-state index in [2.05, 4.69) is 10.6 Å². The van der Waals surface area contributed by atoms with Crippen LogP contribution in [0.1, 0.15) is 5.56 Å². The molecule has 0 amide bonds. The van der Waals surface area contributed by atoms with Crippen LogP contribution in [0.4, 0.5) is 10.1 Å². The highest BCUT2D eigenvalue weighted by Crippen LogP contribution is 2.14. The molecule has 0 atom stereocenters. The Kier molecular flexibility index (Phi) is 5.70. The van der Waals surface area contributed by atoms with Gasteiger partial charge in [0.05, 0.1) is 32.0 Å². The number of aryl methyl sites for hydroxylation is 1. The summed E-state index contributed by atoms with van der Waals surface area (Å²) in [4.78, 5) is 1.51. The fourth-order valence-electron chi connectivity index (χ4n) is 2.15. The van der Waals surface area contributed by atoms with Crippen LogP contribution in [0.5, 0.6) is 0 Å². The predicted octanol–water partition coefficient (Wildman–Crippen LogP) is 0.336. The number of morpholine rings is 1. The molecule has 1 aliphatic rings. The zero-order valence-corrected chi connectivity index (χ0v) is 12.5. The second kappa shape index (κ2) is 7.52. The maximum atomic E-state index is 13.7. The van der Waals surface area contributed by atoms with Crippen molar-refractivity contribution in [2.24, 2.45) is 0 Å². The number of thiocarbonyl (C=S) groups is 1. The van der Waals surface area contributed by atoms with E-state index in [4.69, 9.17) is 17.0 Å². The second-order valence-electron chi connectivity index (χ2n) is 4.98. The van der Waals surface area contributed by atoms with Gasteiger partial charge < -0.3 is 20.3 Å². The Balaban J connectivity index is 1.72. The molecular weight excluding hydrogens is 277 g/mol. The van der Waals surface area contributed by atoms with Crippen LogP contribution in [-0.4, -0.2) is 44.5 Å². The first-order chi connectivity index (χ1) is 9.65. The van der Waals surface area contributed by atoms with Crippen LogP contribution in [0.15, 0.2) is 18.2 Å². The van der Waals surface area contributed by atoms with Gasteiger partial charge in [-0.3, -0.25) is 0 Å². The zero-order valence-electron chi connectivity index (χ0n) is 11.7. The van der Waals surface area contributed by atoms with E-state index in [0.717, 1.165) is 45.0 Å². The van der Waals surface area contributed by atoms with Crippen LogP contribution in [0.2, 0.25) is 0 Å². The van der Waals surface area contributed by atoms with Gasteiger partial charge in [0.2, 0.25) is 0 Å². The normalized spacial score (nSPS) is 15.9. The van der Waals surface area contributed by atoms with E-state index in [9.17, 15) is 4.39 Å². The molecule has 0 saturated carbocycles. The smallest absolute Gasteiger partial charge is 0.171 e. The molecule has 1 heterocycles. The summed E-state index contributed by atoms with van der Waals surface area (Å²) in [6.07, 6.45) is 0. The number of nitrogens with one attached hydrogen (secondary N) is 3. The molecule has 0 radical (unpaired) electrons. The number of rotatable bonds is 4. The van der Waals surface area contributed by atoms with E-state index in [1.807, 2.05) is 13.0 Å². The Morgan fingerprint density at radius 1 is 1.40 bits per heavy atom. The number of halogens is 1. The van der Waals surface area contributed by atoms with Crippen LogP contribution in [0.25, 0.3) is 0 Å². The van der Waals surface area contributed by atoms with Crippen LogP contribution in [0.3, 0.4) is 0 Å². The Morgan fingerprint density at radius 3 is 2.85 bits per heavy atom. The molecule has 110 valence electrons. The van der Waals surface area contributed by atoms with E-state index in [-0.39, 0.29) is 5.82 Å². The van der Waals surface area contributed by atoms with Crippen LogP contribution in [0, 0.1) is 12.7 Å². The number of hydrogen-bond donors (Lipinski definition) is 3. The summed E-state index contributed by atoms with van der Waals surface area (Å²) in [7, 11) is 0. The maximum absolute atomic E-state index is 13.7. The average Bonchev–Trinajstić information content (AvgIpc) is 2.43. The van der Waals surface area contributed by atoms with Gasteiger partial charge in [0.1, 0.15) is 18.9 Å². The number of anilines is 1. The van der Waals surface area contributed by atoms with Crippen molar-refractivity contribution in [2.75, 3.05) is 44.7 Å². The number of benzene rings is 1. The van der Waals surface area contributed by atoms with Crippen LogP contribution < -0.4 is 15.5 Å². The quantitative estimate of drug-likeness (QED) is 0.701. The minimum atomic E-state index is -0.284. The van der Waals surface area contributed by atoms with Gasteiger partial charge in [-0.05, 0) is 36.8 Å². The summed E-state index contributed by atoms with van der Waals surface area (Å²) < 4.78 is 19.0. The first-order valence-corrected chi connectivity index (χ1v) is 7.28.